The molecule has 0 aliphatic rings. The molecule has 0 atom stereocenters. The van der Waals surface area contributed by atoms with Crippen molar-refractivity contribution in [2.45, 2.75) is 6.92 Å². The van der Waals surface area contributed by atoms with Gasteiger partial charge in [0, 0.05) is 6.20 Å². The third-order valence-corrected chi connectivity index (χ3v) is 2.02. The van der Waals surface area contributed by atoms with Crippen LogP contribution in [0.15, 0.2) is 24.4 Å². The van der Waals surface area contributed by atoms with Crippen molar-refractivity contribution in [2.75, 3.05) is 6.61 Å². The number of aromatic nitrogens is 2. The summed E-state index contributed by atoms with van der Waals surface area (Å²) in [5, 5.41) is 10.0. The van der Waals surface area contributed by atoms with Crippen LogP contribution in [0.4, 0.5) is 4.79 Å². The lowest BCUT2D eigenvalue weighted by atomic mass is 10.2. The quantitative estimate of drug-likeness (QED) is 0.799. The largest absolute Gasteiger partial charge is 0.516 e. The number of aromatic hydroxyl groups is 1. The molecule has 0 radical (unpaired) electrons. The smallest absolute Gasteiger partial charge is 0.507 e. The molecule has 0 saturated heterocycles. The normalized spacial score (nSPS) is 10.2. The highest BCUT2D eigenvalue weighted by Gasteiger charge is 2.09. The number of carbonyl (C=O) groups is 1. The first-order chi connectivity index (χ1) is 8.20. The molecule has 0 aliphatic heterocycles. The van der Waals surface area contributed by atoms with Crippen molar-refractivity contribution < 1.29 is 19.4 Å². The van der Waals surface area contributed by atoms with E-state index in [2.05, 4.69) is 14.7 Å². The Morgan fingerprint density at radius 1 is 1.47 bits per heavy atom. The standard InChI is InChI=1S/C11H10N2O4/c1-2-16-11(15)17-10-12-6-7-8(13-10)4-3-5-9(7)14/h3-6,14H,2H2,1H3. The van der Waals surface area contributed by atoms with Gasteiger partial charge in [-0.05, 0) is 19.1 Å². The van der Waals surface area contributed by atoms with Gasteiger partial charge in [-0.3, -0.25) is 0 Å². The molecule has 0 spiro atoms. The predicted molar refractivity (Wildman–Crippen MR) is 58.9 cm³/mol. The second-order valence-corrected chi connectivity index (χ2v) is 3.15. The van der Waals surface area contributed by atoms with Crippen LogP contribution in [0.2, 0.25) is 0 Å². The van der Waals surface area contributed by atoms with E-state index >= 15 is 0 Å². The average molecular weight is 234 g/mol. The number of phenols is 1. The zero-order chi connectivity index (χ0) is 12.3. The fourth-order valence-corrected chi connectivity index (χ4v) is 1.29. The van der Waals surface area contributed by atoms with Crippen LogP contribution in [-0.2, 0) is 4.74 Å². The molecule has 0 saturated carbocycles. The lowest BCUT2D eigenvalue weighted by Gasteiger charge is -2.03. The molecule has 0 fully saturated rings. The molecular weight excluding hydrogens is 224 g/mol. The fourth-order valence-electron chi connectivity index (χ4n) is 1.29. The first kappa shape index (κ1) is 11.1. The molecule has 1 N–H and O–H groups in total. The first-order valence-electron chi connectivity index (χ1n) is 5.00. The minimum Gasteiger partial charge on any atom is -0.507 e. The van der Waals surface area contributed by atoms with Gasteiger partial charge >= 0.3 is 12.2 Å². The van der Waals surface area contributed by atoms with Crippen molar-refractivity contribution in [3.8, 4) is 11.8 Å². The minimum absolute atomic E-state index is 0.0742. The monoisotopic (exact) mass is 234 g/mol. The van der Waals surface area contributed by atoms with Crippen LogP contribution in [0.25, 0.3) is 10.9 Å². The number of carbonyl (C=O) groups excluding carboxylic acids is 1. The molecule has 1 aromatic carbocycles. The van der Waals surface area contributed by atoms with Crippen molar-refractivity contribution in [1.29, 1.82) is 0 Å². The molecule has 2 rings (SSSR count). The van der Waals surface area contributed by atoms with Crippen molar-refractivity contribution in [1.82, 2.24) is 9.97 Å². The van der Waals surface area contributed by atoms with Gasteiger partial charge in [0.1, 0.15) is 5.75 Å². The summed E-state index contributed by atoms with van der Waals surface area (Å²) in [4.78, 5) is 18.8. The summed E-state index contributed by atoms with van der Waals surface area (Å²) in [6, 6.07) is 4.73. The lowest BCUT2D eigenvalue weighted by molar-refractivity contribution is 0.101. The second kappa shape index (κ2) is 4.65. The third kappa shape index (κ3) is 2.41. The first-order valence-corrected chi connectivity index (χ1v) is 5.00. The average Bonchev–Trinajstić information content (AvgIpc) is 2.29. The van der Waals surface area contributed by atoms with Gasteiger partial charge in [0.15, 0.2) is 0 Å². The number of rotatable bonds is 2. The van der Waals surface area contributed by atoms with E-state index in [9.17, 15) is 9.90 Å². The van der Waals surface area contributed by atoms with Gasteiger partial charge in [-0.15, -0.1) is 0 Å². The van der Waals surface area contributed by atoms with Crippen LogP contribution < -0.4 is 4.74 Å². The van der Waals surface area contributed by atoms with E-state index in [1.807, 2.05) is 0 Å². The van der Waals surface area contributed by atoms with Gasteiger partial charge in [-0.1, -0.05) is 6.07 Å². The Morgan fingerprint density at radius 2 is 2.29 bits per heavy atom. The van der Waals surface area contributed by atoms with Crippen molar-refractivity contribution in [2.24, 2.45) is 0 Å². The highest BCUT2D eigenvalue weighted by atomic mass is 16.7. The third-order valence-electron chi connectivity index (χ3n) is 2.02. The summed E-state index contributed by atoms with van der Waals surface area (Å²) >= 11 is 0. The summed E-state index contributed by atoms with van der Waals surface area (Å²) in [7, 11) is 0. The van der Waals surface area contributed by atoms with Crippen molar-refractivity contribution in [3.05, 3.63) is 24.4 Å². The molecular formula is C11H10N2O4. The Morgan fingerprint density at radius 3 is 3.06 bits per heavy atom. The topological polar surface area (TPSA) is 81.5 Å². The molecule has 1 aromatic heterocycles. The van der Waals surface area contributed by atoms with Gasteiger partial charge in [0.05, 0.1) is 17.5 Å². The number of benzene rings is 1. The summed E-state index contributed by atoms with van der Waals surface area (Å²) < 4.78 is 9.33. The van der Waals surface area contributed by atoms with Crippen LogP contribution in [0.3, 0.4) is 0 Å². The molecule has 17 heavy (non-hydrogen) atoms. The molecule has 1 heterocycles. The molecule has 6 nitrogen and oxygen atoms in total. The SMILES string of the molecule is CCOC(=O)Oc1ncc2c(O)cccc2n1. The summed E-state index contributed by atoms with van der Waals surface area (Å²) in [6.07, 6.45) is 0.527. The summed E-state index contributed by atoms with van der Waals surface area (Å²) in [6.45, 7) is 1.88. The van der Waals surface area contributed by atoms with Crippen molar-refractivity contribution >= 4 is 17.1 Å². The number of ether oxygens (including phenoxy) is 2. The van der Waals surface area contributed by atoms with E-state index in [-0.39, 0.29) is 18.4 Å². The number of fused-ring (bicyclic) bond motifs is 1. The highest BCUT2D eigenvalue weighted by Crippen LogP contribution is 2.23. The van der Waals surface area contributed by atoms with Gasteiger partial charge < -0.3 is 14.6 Å². The Balaban J connectivity index is 2.29. The van der Waals surface area contributed by atoms with Crippen LogP contribution in [0, 0.1) is 0 Å². The minimum atomic E-state index is -0.855. The molecule has 88 valence electrons. The van der Waals surface area contributed by atoms with E-state index in [1.54, 1.807) is 19.1 Å². The fraction of sp³-hybridized carbons (Fsp3) is 0.182. The number of hydrogen-bond donors (Lipinski definition) is 1. The molecule has 6 heteroatoms. The Kier molecular flexibility index (Phi) is 3.04. The maximum absolute atomic E-state index is 11.0. The van der Waals surface area contributed by atoms with Crippen LogP contribution in [0.5, 0.6) is 11.8 Å². The van der Waals surface area contributed by atoms with E-state index in [0.717, 1.165) is 0 Å². The van der Waals surface area contributed by atoms with E-state index in [4.69, 9.17) is 4.74 Å². The summed E-state index contributed by atoms with van der Waals surface area (Å²) in [5.74, 6) is 0.0742. The lowest BCUT2D eigenvalue weighted by Crippen LogP contribution is -2.11. The van der Waals surface area contributed by atoms with Crippen molar-refractivity contribution in [3.63, 3.8) is 0 Å². The van der Waals surface area contributed by atoms with Gasteiger partial charge in [-0.25, -0.2) is 9.78 Å². The number of nitrogens with zero attached hydrogens (tertiary/aromatic N) is 2. The summed E-state index contributed by atoms with van der Waals surface area (Å²) in [5.41, 5.74) is 0.485. The maximum atomic E-state index is 11.0. The molecule has 0 amide bonds. The maximum Gasteiger partial charge on any atom is 0.516 e. The molecule has 0 unspecified atom stereocenters. The van der Waals surface area contributed by atoms with Gasteiger partial charge in [0.25, 0.3) is 0 Å². The van der Waals surface area contributed by atoms with E-state index in [0.29, 0.717) is 10.9 Å². The predicted octanol–water partition coefficient (Wildman–Crippen LogP) is 1.87. The molecule has 2 aromatic rings. The Bertz CT molecular complexity index is 556. The number of phenolic OH excluding ortho intramolecular Hbond substituents is 1. The van der Waals surface area contributed by atoms with Gasteiger partial charge in [0.2, 0.25) is 0 Å². The van der Waals surface area contributed by atoms with Crippen LogP contribution in [-0.4, -0.2) is 27.8 Å². The zero-order valence-electron chi connectivity index (χ0n) is 9.08. The van der Waals surface area contributed by atoms with Crippen LogP contribution >= 0.6 is 0 Å². The highest BCUT2D eigenvalue weighted by molar-refractivity contribution is 5.84. The number of hydrogen-bond acceptors (Lipinski definition) is 6. The Labute approximate surface area is 96.8 Å². The Hall–Kier alpha value is -2.37. The van der Waals surface area contributed by atoms with Crippen LogP contribution in [0.1, 0.15) is 6.92 Å². The van der Waals surface area contributed by atoms with Gasteiger partial charge in [-0.2, -0.15) is 4.98 Å². The van der Waals surface area contributed by atoms with E-state index < -0.39 is 6.16 Å². The zero-order valence-corrected chi connectivity index (χ0v) is 9.08. The molecule has 0 aliphatic carbocycles. The second-order valence-electron chi connectivity index (χ2n) is 3.15. The molecule has 0 bridgehead atoms. The van der Waals surface area contributed by atoms with E-state index in [1.165, 1.54) is 12.3 Å².